The molecule has 0 spiro atoms. The van der Waals surface area contributed by atoms with Crippen molar-refractivity contribution >= 4 is 48.9 Å². The molecule has 0 bridgehead atoms. The minimum absolute atomic E-state index is 0.197. The zero-order chi connectivity index (χ0) is 15.6. The highest BCUT2D eigenvalue weighted by Gasteiger charge is 2.20. The quantitative estimate of drug-likeness (QED) is 0.798. The first-order valence-corrected chi connectivity index (χ1v) is 9.77. The summed E-state index contributed by atoms with van der Waals surface area (Å²) in [5.74, 6) is 0. The van der Waals surface area contributed by atoms with Gasteiger partial charge in [-0.1, -0.05) is 23.7 Å². The molecule has 0 saturated carbocycles. The van der Waals surface area contributed by atoms with E-state index in [1.54, 1.807) is 18.2 Å². The molecule has 0 amide bonds. The van der Waals surface area contributed by atoms with E-state index in [4.69, 9.17) is 11.6 Å². The summed E-state index contributed by atoms with van der Waals surface area (Å²) in [7, 11) is -3.48. The fourth-order valence-corrected chi connectivity index (χ4v) is 5.51. The third kappa shape index (κ3) is 4.53. The van der Waals surface area contributed by atoms with Crippen LogP contribution >= 0.6 is 38.9 Å². The Bertz CT molecular complexity index is 706. The number of aryl methyl sites for hydroxylation is 1. The molecule has 0 fully saturated rings. The van der Waals surface area contributed by atoms with Crippen LogP contribution in [0.15, 0.2) is 38.3 Å². The smallest absolute Gasteiger partial charge is 0.207 e. The van der Waals surface area contributed by atoms with Gasteiger partial charge < -0.3 is 0 Å². The molecule has 3 nitrogen and oxygen atoms in total. The molecule has 1 unspecified atom stereocenters. The first-order valence-electron chi connectivity index (χ1n) is 6.30. The summed E-state index contributed by atoms with van der Waals surface area (Å²) in [6.07, 6.45) is 0.613. The average Bonchev–Trinajstić information content (AvgIpc) is 2.73. The Kier molecular flexibility index (Phi) is 5.48. The molecule has 21 heavy (non-hydrogen) atoms. The second-order valence-corrected chi connectivity index (χ2v) is 9.62. The molecule has 1 N–H and O–H groups in total. The number of rotatable bonds is 5. The average molecular weight is 409 g/mol. The minimum atomic E-state index is -3.48. The maximum Gasteiger partial charge on any atom is 0.250 e. The van der Waals surface area contributed by atoms with Gasteiger partial charge in [-0.25, -0.2) is 13.1 Å². The zero-order valence-electron chi connectivity index (χ0n) is 11.6. The van der Waals surface area contributed by atoms with Gasteiger partial charge in [0, 0.05) is 11.1 Å². The largest absolute Gasteiger partial charge is 0.250 e. The van der Waals surface area contributed by atoms with Gasteiger partial charge >= 0.3 is 0 Å². The van der Waals surface area contributed by atoms with Crippen molar-refractivity contribution in [2.45, 2.75) is 30.5 Å². The molecule has 1 aromatic carbocycles. The molecular weight excluding hydrogens is 394 g/mol. The van der Waals surface area contributed by atoms with Crippen molar-refractivity contribution in [3.05, 3.63) is 50.3 Å². The molecule has 2 aromatic rings. The van der Waals surface area contributed by atoms with Gasteiger partial charge in [0.1, 0.15) is 4.21 Å². The summed E-state index contributed by atoms with van der Waals surface area (Å²) in [6, 6.07) is 8.89. The predicted octanol–water partition coefficient (Wildman–Crippen LogP) is 4.38. The molecular formula is C14H15BrClNO2S2. The van der Waals surface area contributed by atoms with Crippen LogP contribution in [0.5, 0.6) is 0 Å². The van der Waals surface area contributed by atoms with Crippen molar-refractivity contribution in [1.82, 2.24) is 4.72 Å². The Balaban J connectivity index is 2.07. The lowest BCUT2D eigenvalue weighted by atomic mass is 10.1. The van der Waals surface area contributed by atoms with E-state index in [1.807, 2.05) is 26.0 Å². The zero-order valence-corrected chi connectivity index (χ0v) is 15.5. The van der Waals surface area contributed by atoms with Crippen molar-refractivity contribution in [3.8, 4) is 0 Å². The van der Waals surface area contributed by atoms with Crippen LogP contribution in [-0.2, 0) is 16.4 Å². The third-order valence-corrected chi connectivity index (χ3v) is 7.36. The van der Waals surface area contributed by atoms with Crippen LogP contribution in [-0.4, -0.2) is 14.5 Å². The molecule has 114 valence electrons. The van der Waals surface area contributed by atoms with E-state index >= 15 is 0 Å². The van der Waals surface area contributed by atoms with Gasteiger partial charge in [0.2, 0.25) is 10.0 Å². The Morgan fingerprint density at radius 3 is 2.48 bits per heavy atom. The van der Waals surface area contributed by atoms with Gasteiger partial charge in [0.15, 0.2) is 0 Å². The lowest BCUT2D eigenvalue weighted by Gasteiger charge is -2.13. The number of hydrogen-bond donors (Lipinski definition) is 1. The SMILES string of the molecule is Cc1cc(S(=O)(=O)NC(C)Cc2ccc(Cl)cc2)sc1Br. The molecule has 0 aliphatic rings. The number of hydrogen-bond acceptors (Lipinski definition) is 3. The van der Waals surface area contributed by atoms with E-state index in [2.05, 4.69) is 20.7 Å². The molecule has 7 heteroatoms. The maximum atomic E-state index is 12.3. The normalized spacial score (nSPS) is 13.3. The van der Waals surface area contributed by atoms with Crippen molar-refractivity contribution in [2.24, 2.45) is 0 Å². The number of nitrogens with one attached hydrogen (secondary N) is 1. The number of thiophene rings is 1. The van der Waals surface area contributed by atoms with Crippen LogP contribution in [0.1, 0.15) is 18.1 Å². The van der Waals surface area contributed by atoms with E-state index in [9.17, 15) is 8.42 Å². The first kappa shape index (κ1) is 17.0. The predicted molar refractivity (Wildman–Crippen MR) is 91.7 cm³/mol. The van der Waals surface area contributed by atoms with Crippen molar-refractivity contribution < 1.29 is 8.42 Å². The van der Waals surface area contributed by atoms with Crippen LogP contribution in [0.4, 0.5) is 0 Å². The first-order chi connectivity index (χ1) is 9.78. The highest BCUT2D eigenvalue weighted by Crippen LogP contribution is 2.30. The van der Waals surface area contributed by atoms with Crippen LogP contribution < -0.4 is 4.72 Å². The number of halogens is 2. The van der Waals surface area contributed by atoms with E-state index in [1.165, 1.54) is 11.3 Å². The lowest BCUT2D eigenvalue weighted by molar-refractivity contribution is 0.561. The Hall–Kier alpha value is -0.400. The molecule has 1 heterocycles. The van der Waals surface area contributed by atoms with E-state index in [-0.39, 0.29) is 6.04 Å². The summed E-state index contributed by atoms with van der Waals surface area (Å²) in [5, 5.41) is 0.672. The highest BCUT2D eigenvalue weighted by molar-refractivity contribution is 9.11. The van der Waals surface area contributed by atoms with Crippen LogP contribution in [0.25, 0.3) is 0 Å². The van der Waals surface area contributed by atoms with Crippen LogP contribution in [0.3, 0.4) is 0 Å². The molecule has 0 radical (unpaired) electrons. The molecule has 0 aliphatic heterocycles. The lowest BCUT2D eigenvalue weighted by Crippen LogP contribution is -2.33. The number of sulfonamides is 1. The monoisotopic (exact) mass is 407 g/mol. The standard InChI is InChI=1S/C14H15BrClNO2S2/c1-9-7-13(20-14(9)15)21(18,19)17-10(2)8-11-3-5-12(16)6-4-11/h3-7,10,17H,8H2,1-2H3. The minimum Gasteiger partial charge on any atom is -0.207 e. The highest BCUT2D eigenvalue weighted by atomic mass is 79.9. The van der Waals surface area contributed by atoms with Gasteiger partial charge in [0.25, 0.3) is 0 Å². The Labute approximate surface area is 142 Å². The molecule has 1 aromatic heterocycles. The van der Waals surface area contributed by atoms with Gasteiger partial charge in [-0.2, -0.15) is 0 Å². The fourth-order valence-electron chi connectivity index (χ4n) is 1.90. The number of benzene rings is 1. The molecule has 2 rings (SSSR count). The fraction of sp³-hybridized carbons (Fsp3) is 0.286. The van der Waals surface area contributed by atoms with Crippen molar-refractivity contribution in [3.63, 3.8) is 0 Å². The molecule has 1 atom stereocenters. The Morgan fingerprint density at radius 2 is 1.95 bits per heavy atom. The van der Waals surface area contributed by atoms with Crippen LogP contribution in [0.2, 0.25) is 5.02 Å². The van der Waals surface area contributed by atoms with E-state index in [0.29, 0.717) is 15.7 Å². The van der Waals surface area contributed by atoms with Gasteiger partial charge in [-0.05, 0) is 65.5 Å². The second kappa shape index (κ2) is 6.79. The summed E-state index contributed by atoms with van der Waals surface area (Å²) in [5.41, 5.74) is 1.96. The van der Waals surface area contributed by atoms with Crippen molar-refractivity contribution in [2.75, 3.05) is 0 Å². The topological polar surface area (TPSA) is 46.2 Å². The molecule has 0 aliphatic carbocycles. The maximum absolute atomic E-state index is 12.3. The molecule has 0 saturated heterocycles. The van der Waals surface area contributed by atoms with E-state index in [0.717, 1.165) is 14.9 Å². The van der Waals surface area contributed by atoms with Gasteiger partial charge in [-0.15, -0.1) is 11.3 Å². The second-order valence-electron chi connectivity index (χ2n) is 4.88. The van der Waals surface area contributed by atoms with Gasteiger partial charge in [-0.3, -0.25) is 0 Å². The summed E-state index contributed by atoms with van der Waals surface area (Å²) < 4.78 is 28.5. The summed E-state index contributed by atoms with van der Waals surface area (Å²) >= 11 is 10.4. The van der Waals surface area contributed by atoms with Crippen molar-refractivity contribution in [1.29, 1.82) is 0 Å². The van der Waals surface area contributed by atoms with Gasteiger partial charge in [0.05, 0.1) is 3.79 Å². The third-order valence-electron chi connectivity index (χ3n) is 2.91. The van der Waals surface area contributed by atoms with Crippen LogP contribution in [0, 0.1) is 6.92 Å². The Morgan fingerprint density at radius 1 is 1.33 bits per heavy atom. The summed E-state index contributed by atoms with van der Waals surface area (Å²) in [4.78, 5) is 0. The summed E-state index contributed by atoms with van der Waals surface area (Å²) in [6.45, 7) is 3.72. The van der Waals surface area contributed by atoms with E-state index < -0.39 is 10.0 Å².